The van der Waals surface area contributed by atoms with Crippen molar-refractivity contribution in [2.45, 2.75) is 174 Å². The molecular formula is C50H84N8O11. The van der Waals surface area contributed by atoms with Gasteiger partial charge in [-0.15, -0.1) is 0 Å². The number of nitrogens with zero attached hydrogens (tertiary/aromatic N) is 2. The largest absolute Gasteiger partial charge is 0.480 e. The molecule has 0 aromatic heterocycles. The van der Waals surface area contributed by atoms with E-state index in [9.17, 15) is 38.7 Å². The predicted molar refractivity (Wildman–Crippen MR) is 262 cm³/mol. The summed E-state index contributed by atoms with van der Waals surface area (Å²) in [5.41, 5.74) is 6.36. The molecule has 2 aliphatic rings. The lowest BCUT2D eigenvalue weighted by molar-refractivity contribution is -0.146. The summed E-state index contributed by atoms with van der Waals surface area (Å²) in [4.78, 5) is 97.2. The number of aliphatic carboxylic acids is 1. The SMILES string of the molecule is CCCC[C@@H](C(=O)N(C)[C@@H](CC(C)C)C(=O)NC(C(=O)N[C@@H](CNC(=O)OCc1ccccc1)C(=O)O)C1CCCCC1)N(CC1CC1)C[C@@H](C)NC(=O)[C@@H](N)COCCCNC(=O)OC(C)(C)C. The van der Waals surface area contributed by atoms with Gasteiger partial charge < -0.3 is 56.5 Å². The third-order valence-corrected chi connectivity index (χ3v) is 12.2. The number of carboxylic acid groups (broad SMARTS) is 1. The average Bonchev–Trinajstić information content (AvgIpc) is 4.12. The summed E-state index contributed by atoms with van der Waals surface area (Å²) in [5, 5.41) is 23.7. The molecule has 0 saturated heterocycles. The number of likely N-dealkylation sites (N-methyl/N-ethyl adjacent to an activating group) is 1. The number of nitrogens with one attached hydrogen (secondary N) is 5. The molecule has 0 radical (unpaired) electrons. The van der Waals surface area contributed by atoms with E-state index in [1.807, 2.05) is 26.8 Å². The summed E-state index contributed by atoms with van der Waals surface area (Å²) in [6.07, 6.45) is 7.51. The highest BCUT2D eigenvalue weighted by Crippen LogP contribution is 2.32. The van der Waals surface area contributed by atoms with E-state index in [1.54, 1.807) is 52.1 Å². The van der Waals surface area contributed by atoms with Gasteiger partial charge in [-0.3, -0.25) is 24.1 Å². The van der Waals surface area contributed by atoms with Gasteiger partial charge in [0, 0.05) is 39.3 Å². The number of alkyl carbamates (subject to hydrolysis) is 2. The van der Waals surface area contributed by atoms with E-state index >= 15 is 0 Å². The molecule has 2 fully saturated rings. The standard InChI is InChI=1S/C50H84N8O11/c1-9-10-22-40(58(30-35-23-24-35)29-34(4)54-43(59)38(51)32-67-26-17-25-52-49(66)69-50(5,6)7)46(62)57(8)41(27-33(2)3)44(60)56-42(37-20-15-12-16-21-37)45(61)55-39(47(63)64)28-53-48(65)68-31-36-18-13-11-14-19-36/h11,13-14,18-19,33-35,37-42H,9-10,12,15-17,20-32,51H2,1-8H3,(H,52,66)(H,53,65)(H,54,59)(H,55,61)(H,56,60)(H,63,64)/t34-,38+,39+,40+,41+,42?/m1/s1. The van der Waals surface area contributed by atoms with Crippen LogP contribution in [0, 0.1) is 17.8 Å². The van der Waals surface area contributed by atoms with Gasteiger partial charge in [-0.2, -0.15) is 0 Å². The Morgan fingerprint density at radius 1 is 0.841 bits per heavy atom. The zero-order valence-electron chi connectivity index (χ0n) is 42.5. The minimum Gasteiger partial charge on any atom is -0.480 e. The van der Waals surface area contributed by atoms with Crippen molar-refractivity contribution in [2.75, 3.05) is 46.4 Å². The molecule has 3 rings (SSSR count). The maximum atomic E-state index is 14.9. The van der Waals surface area contributed by atoms with Gasteiger partial charge in [0.15, 0.2) is 0 Å². The minimum absolute atomic E-state index is 0.0175. The van der Waals surface area contributed by atoms with E-state index in [2.05, 4.69) is 38.4 Å². The zero-order chi connectivity index (χ0) is 51.1. The van der Waals surface area contributed by atoms with Gasteiger partial charge in [0.1, 0.15) is 36.4 Å². The molecule has 1 unspecified atom stereocenters. The molecule has 0 bridgehead atoms. The molecule has 0 heterocycles. The number of carbonyl (C=O) groups excluding carboxylic acids is 6. The number of hydrogen-bond donors (Lipinski definition) is 7. The lowest BCUT2D eigenvalue weighted by Gasteiger charge is -2.38. The molecule has 19 heteroatoms. The number of ether oxygens (including phenoxy) is 3. The van der Waals surface area contributed by atoms with Crippen molar-refractivity contribution in [2.24, 2.45) is 23.5 Å². The Balaban J connectivity index is 1.71. The van der Waals surface area contributed by atoms with Crippen molar-refractivity contribution in [1.82, 2.24) is 36.4 Å². The minimum atomic E-state index is -1.51. The van der Waals surface area contributed by atoms with Crippen molar-refractivity contribution < 1.29 is 52.9 Å². The Morgan fingerprint density at radius 2 is 1.52 bits per heavy atom. The van der Waals surface area contributed by atoms with Gasteiger partial charge in [0.05, 0.1) is 19.2 Å². The Bertz CT molecular complexity index is 1770. The van der Waals surface area contributed by atoms with Crippen molar-refractivity contribution in [1.29, 1.82) is 0 Å². The molecule has 2 aliphatic carbocycles. The third-order valence-electron chi connectivity index (χ3n) is 12.2. The van der Waals surface area contributed by atoms with Crippen LogP contribution in [-0.2, 0) is 44.8 Å². The Hall–Kier alpha value is -5.01. The first kappa shape index (κ1) is 58.3. The molecule has 19 nitrogen and oxygen atoms in total. The van der Waals surface area contributed by atoms with Crippen LogP contribution >= 0.6 is 0 Å². The second kappa shape index (κ2) is 29.9. The Labute approximate surface area is 409 Å². The maximum absolute atomic E-state index is 14.9. The van der Waals surface area contributed by atoms with Gasteiger partial charge in [-0.1, -0.05) is 83.2 Å². The topological polar surface area (TPSA) is 260 Å². The van der Waals surface area contributed by atoms with Gasteiger partial charge >= 0.3 is 18.2 Å². The number of benzene rings is 1. The lowest BCUT2D eigenvalue weighted by Crippen LogP contribution is -2.61. The van der Waals surface area contributed by atoms with Crippen LogP contribution in [-0.4, -0.2) is 145 Å². The van der Waals surface area contributed by atoms with Gasteiger partial charge in [-0.05, 0) is 96.0 Å². The van der Waals surface area contributed by atoms with E-state index in [4.69, 9.17) is 19.9 Å². The second-order valence-corrected chi connectivity index (χ2v) is 20.2. The molecule has 390 valence electrons. The van der Waals surface area contributed by atoms with Crippen molar-refractivity contribution in [3.05, 3.63) is 35.9 Å². The zero-order valence-corrected chi connectivity index (χ0v) is 42.5. The highest BCUT2D eigenvalue weighted by molar-refractivity contribution is 5.94. The molecule has 6 amide bonds. The molecule has 69 heavy (non-hydrogen) atoms. The van der Waals surface area contributed by atoms with Crippen molar-refractivity contribution in [3.63, 3.8) is 0 Å². The van der Waals surface area contributed by atoms with E-state index in [1.165, 1.54) is 4.90 Å². The quantitative estimate of drug-likeness (QED) is 0.0527. The number of unbranched alkanes of at least 4 members (excludes halogenated alkanes) is 1. The summed E-state index contributed by atoms with van der Waals surface area (Å²) in [5.74, 6) is -3.12. The van der Waals surface area contributed by atoms with Crippen LogP contribution in [0.5, 0.6) is 0 Å². The molecule has 0 aliphatic heterocycles. The van der Waals surface area contributed by atoms with Crippen LogP contribution in [0.3, 0.4) is 0 Å². The first-order chi connectivity index (χ1) is 32.7. The second-order valence-electron chi connectivity index (χ2n) is 20.2. The average molecular weight is 973 g/mol. The molecule has 6 atom stereocenters. The van der Waals surface area contributed by atoms with Crippen molar-refractivity contribution in [3.8, 4) is 0 Å². The highest BCUT2D eigenvalue weighted by Gasteiger charge is 2.40. The number of nitrogens with two attached hydrogens (primary N) is 1. The first-order valence-electron chi connectivity index (χ1n) is 25.1. The number of amides is 6. The fourth-order valence-corrected chi connectivity index (χ4v) is 8.34. The van der Waals surface area contributed by atoms with Crippen LogP contribution in [0.1, 0.15) is 131 Å². The summed E-state index contributed by atoms with van der Waals surface area (Å²) >= 11 is 0. The van der Waals surface area contributed by atoms with E-state index < -0.39 is 84.3 Å². The van der Waals surface area contributed by atoms with E-state index in [-0.39, 0.29) is 37.6 Å². The van der Waals surface area contributed by atoms with Crippen LogP contribution in [0.15, 0.2) is 30.3 Å². The van der Waals surface area contributed by atoms with Gasteiger partial charge in [0.25, 0.3) is 0 Å². The summed E-state index contributed by atoms with van der Waals surface area (Å²) < 4.78 is 16.1. The normalized spacial score (nSPS) is 16.8. The van der Waals surface area contributed by atoms with Crippen LogP contribution < -0.4 is 32.3 Å². The lowest BCUT2D eigenvalue weighted by atomic mass is 9.83. The molecule has 0 spiro atoms. The van der Waals surface area contributed by atoms with Crippen LogP contribution in [0.2, 0.25) is 0 Å². The van der Waals surface area contributed by atoms with Crippen LogP contribution in [0.4, 0.5) is 9.59 Å². The van der Waals surface area contributed by atoms with Crippen LogP contribution in [0.25, 0.3) is 0 Å². The number of rotatable bonds is 30. The molecule has 2 saturated carbocycles. The number of hydrogen-bond acceptors (Lipinski definition) is 12. The van der Waals surface area contributed by atoms with E-state index in [0.717, 1.165) is 50.5 Å². The maximum Gasteiger partial charge on any atom is 0.407 e. The Morgan fingerprint density at radius 3 is 2.13 bits per heavy atom. The monoisotopic (exact) mass is 973 g/mol. The summed E-state index contributed by atoms with van der Waals surface area (Å²) in [7, 11) is 1.62. The number of carbonyl (C=O) groups is 7. The molecular weight excluding hydrogens is 889 g/mol. The Kier molecular flexibility index (Phi) is 25.3. The van der Waals surface area contributed by atoms with Crippen molar-refractivity contribution >= 4 is 41.8 Å². The third kappa shape index (κ3) is 22.5. The smallest absolute Gasteiger partial charge is 0.407 e. The van der Waals surface area contributed by atoms with E-state index in [0.29, 0.717) is 57.7 Å². The fraction of sp³-hybridized carbons (Fsp3) is 0.740. The fourth-order valence-electron chi connectivity index (χ4n) is 8.34. The van der Waals surface area contributed by atoms with Gasteiger partial charge in [-0.25, -0.2) is 14.4 Å². The number of carboxylic acids is 1. The van der Waals surface area contributed by atoms with Gasteiger partial charge in [0.2, 0.25) is 23.6 Å². The first-order valence-corrected chi connectivity index (χ1v) is 25.1. The molecule has 1 aromatic carbocycles. The summed E-state index contributed by atoms with van der Waals surface area (Å²) in [6, 6.07) is 3.49. The molecule has 1 aromatic rings. The summed E-state index contributed by atoms with van der Waals surface area (Å²) in [6.45, 7) is 14.3. The molecule has 8 N–H and O–H groups in total. The predicted octanol–water partition coefficient (Wildman–Crippen LogP) is 4.45. The highest BCUT2D eigenvalue weighted by atomic mass is 16.6.